The highest BCUT2D eigenvalue weighted by Gasteiger charge is 2.09. The molecule has 0 aromatic rings. The lowest BCUT2D eigenvalue weighted by molar-refractivity contribution is -0.134. The van der Waals surface area contributed by atoms with E-state index in [0.717, 1.165) is 17.3 Å². The molecule has 0 aliphatic rings. The molecule has 0 rings (SSSR count). The maximum atomic E-state index is 11.1. The van der Waals surface area contributed by atoms with Gasteiger partial charge in [-0.2, -0.15) is 0 Å². The van der Waals surface area contributed by atoms with Gasteiger partial charge in [0.1, 0.15) is 0 Å². The smallest absolute Gasteiger partial charge is 0.330 e. The zero-order valence-electron chi connectivity index (χ0n) is 10.5. The highest BCUT2D eigenvalue weighted by atomic mass is 79.9. The number of rotatable bonds is 7. The predicted molar refractivity (Wildman–Crippen MR) is 73.3 cm³/mol. The van der Waals surface area contributed by atoms with Gasteiger partial charge in [-0.05, 0) is 18.9 Å². The quantitative estimate of drug-likeness (QED) is 0.314. The fraction of sp³-hybridized carbons (Fsp3) is 0.462. The molecule has 0 spiro atoms. The van der Waals surface area contributed by atoms with E-state index in [4.69, 9.17) is 4.74 Å². The minimum atomic E-state index is -0.354. The molecule has 3 nitrogen and oxygen atoms in total. The van der Waals surface area contributed by atoms with Crippen LogP contribution in [0.3, 0.4) is 0 Å². The molecule has 0 aromatic heterocycles. The van der Waals surface area contributed by atoms with Gasteiger partial charge in [0.2, 0.25) is 0 Å². The molecular weight excluding hydrogens is 284 g/mol. The van der Waals surface area contributed by atoms with Crippen LogP contribution in [-0.4, -0.2) is 31.6 Å². The molecule has 4 heteroatoms. The third-order valence-corrected chi connectivity index (χ3v) is 2.54. The van der Waals surface area contributed by atoms with Crippen molar-refractivity contribution >= 4 is 21.9 Å². The minimum Gasteiger partial charge on any atom is -0.466 e. The van der Waals surface area contributed by atoms with Crippen LogP contribution in [0.2, 0.25) is 0 Å². The predicted octanol–water partition coefficient (Wildman–Crippen LogP) is 3.02. The van der Waals surface area contributed by atoms with E-state index in [1.807, 2.05) is 31.2 Å². The summed E-state index contributed by atoms with van der Waals surface area (Å²) in [7, 11) is 2.99. The summed E-state index contributed by atoms with van der Waals surface area (Å²) in [5.41, 5.74) is 0.855. The fourth-order valence-corrected chi connectivity index (χ4v) is 1.43. The number of alkyl halides is 1. The van der Waals surface area contributed by atoms with Crippen LogP contribution in [0, 0.1) is 0 Å². The van der Waals surface area contributed by atoms with Gasteiger partial charge in [0.25, 0.3) is 0 Å². The number of carbonyl (C=O) groups excluding carboxylic acids is 1. The van der Waals surface area contributed by atoms with Gasteiger partial charge < -0.3 is 9.47 Å². The van der Waals surface area contributed by atoms with Gasteiger partial charge >= 0.3 is 5.97 Å². The topological polar surface area (TPSA) is 35.5 Å². The number of carbonyl (C=O) groups is 1. The largest absolute Gasteiger partial charge is 0.466 e. The Kier molecular flexibility index (Phi) is 9.77. The van der Waals surface area contributed by atoms with E-state index in [2.05, 4.69) is 20.7 Å². The third kappa shape index (κ3) is 7.94. The molecule has 0 unspecified atom stereocenters. The van der Waals surface area contributed by atoms with Crippen LogP contribution in [0.15, 0.2) is 36.0 Å². The number of esters is 1. The molecule has 0 heterocycles. The Bertz CT molecular complexity index is 306. The normalized spacial score (nSPS) is 14.5. The van der Waals surface area contributed by atoms with Gasteiger partial charge in [0.05, 0.1) is 13.2 Å². The average Bonchev–Trinajstić information content (AvgIpc) is 2.33. The van der Waals surface area contributed by atoms with Crippen LogP contribution in [0.25, 0.3) is 0 Å². The molecule has 17 heavy (non-hydrogen) atoms. The van der Waals surface area contributed by atoms with Crippen LogP contribution in [0.1, 0.15) is 13.3 Å². The first-order valence-electron chi connectivity index (χ1n) is 5.32. The van der Waals surface area contributed by atoms with E-state index in [1.165, 1.54) is 13.2 Å². The highest BCUT2D eigenvalue weighted by molar-refractivity contribution is 9.09. The summed E-state index contributed by atoms with van der Waals surface area (Å²) in [5, 5.41) is 0.840. The maximum Gasteiger partial charge on any atom is 0.330 e. The zero-order valence-corrected chi connectivity index (χ0v) is 12.1. The van der Waals surface area contributed by atoms with Crippen LogP contribution in [0.4, 0.5) is 0 Å². The van der Waals surface area contributed by atoms with Gasteiger partial charge in [0.15, 0.2) is 0 Å². The second kappa shape index (κ2) is 10.3. The van der Waals surface area contributed by atoms with Crippen molar-refractivity contribution in [1.82, 2.24) is 0 Å². The Labute approximate surface area is 111 Å². The van der Waals surface area contributed by atoms with Gasteiger partial charge in [-0.1, -0.05) is 40.2 Å². The molecule has 0 radical (unpaired) electrons. The summed E-state index contributed by atoms with van der Waals surface area (Å²) in [4.78, 5) is 11.1. The first-order valence-corrected chi connectivity index (χ1v) is 6.44. The molecule has 0 N–H and O–H groups in total. The van der Waals surface area contributed by atoms with Gasteiger partial charge in [-0.3, -0.25) is 0 Å². The Balaban J connectivity index is 4.32. The lowest BCUT2D eigenvalue weighted by atomic mass is 10.1. The summed E-state index contributed by atoms with van der Waals surface area (Å²) in [5.74, 6) is -0.354. The van der Waals surface area contributed by atoms with E-state index in [-0.39, 0.29) is 12.1 Å². The van der Waals surface area contributed by atoms with Crippen molar-refractivity contribution in [3.8, 4) is 0 Å². The number of ether oxygens (including phenoxy) is 2. The maximum absolute atomic E-state index is 11.1. The van der Waals surface area contributed by atoms with Crippen molar-refractivity contribution in [3.05, 3.63) is 36.0 Å². The van der Waals surface area contributed by atoms with Crippen LogP contribution < -0.4 is 0 Å². The van der Waals surface area contributed by atoms with Crippen molar-refractivity contribution in [1.29, 1.82) is 0 Å². The van der Waals surface area contributed by atoms with E-state index in [0.29, 0.717) is 0 Å². The molecule has 0 bridgehead atoms. The summed E-state index contributed by atoms with van der Waals surface area (Å²) in [6.45, 7) is 1.85. The van der Waals surface area contributed by atoms with Gasteiger partial charge in [-0.15, -0.1) is 0 Å². The lowest BCUT2D eigenvalue weighted by Gasteiger charge is -2.13. The standard InChI is InChI=1S/C13H19BrO3/c1-11(10-13(15)17-3)12(16-2)8-6-4-5-7-9-14/h4-7,10,12H,8-9H2,1-3H3/b6-4-,7-5+,11-10-/t12-/m1/s1. The fourth-order valence-electron chi connectivity index (χ4n) is 1.22. The van der Waals surface area contributed by atoms with E-state index in [1.54, 1.807) is 7.11 Å². The average molecular weight is 303 g/mol. The molecule has 1 atom stereocenters. The van der Waals surface area contributed by atoms with Crippen molar-refractivity contribution in [3.63, 3.8) is 0 Å². The number of halogens is 1. The monoisotopic (exact) mass is 302 g/mol. The first kappa shape index (κ1) is 16.1. The number of methoxy groups -OCH3 is 2. The number of hydrogen-bond acceptors (Lipinski definition) is 3. The molecule has 0 aliphatic heterocycles. The van der Waals surface area contributed by atoms with Crippen molar-refractivity contribution in [2.45, 2.75) is 19.4 Å². The molecule has 0 amide bonds. The Hall–Kier alpha value is -0.870. The summed E-state index contributed by atoms with van der Waals surface area (Å²) in [6, 6.07) is 0. The molecule has 0 saturated heterocycles. The van der Waals surface area contributed by atoms with E-state index in [9.17, 15) is 4.79 Å². The SMILES string of the molecule is COC(=O)/C=C(/C)[C@@H](C/C=C\C=C\CBr)OC. The minimum absolute atomic E-state index is 0.0947. The van der Waals surface area contributed by atoms with E-state index < -0.39 is 0 Å². The summed E-state index contributed by atoms with van der Waals surface area (Å²) in [6.07, 6.45) is 10.00. The Morgan fingerprint density at radius 3 is 2.47 bits per heavy atom. The summed E-state index contributed by atoms with van der Waals surface area (Å²) >= 11 is 3.30. The Morgan fingerprint density at radius 2 is 1.94 bits per heavy atom. The third-order valence-electron chi connectivity index (χ3n) is 2.16. The van der Waals surface area contributed by atoms with Crippen LogP contribution in [-0.2, 0) is 14.3 Å². The molecule has 96 valence electrons. The molecule has 0 aromatic carbocycles. The number of allylic oxidation sites excluding steroid dienone is 3. The second-order valence-electron chi connectivity index (χ2n) is 3.38. The second-order valence-corrected chi connectivity index (χ2v) is 4.03. The molecule has 0 aliphatic carbocycles. The van der Waals surface area contributed by atoms with Crippen LogP contribution in [0.5, 0.6) is 0 Å². The van der Waals surface area contributed by atoms with Gasteiger partial charge in [-0.25, -0.2) is 4.79 Å². The lowest BCUT2D eigenvalue weighted by Crippen LogP contribution is -2.12. The highest BCUT2D eigenvalue weighted by Crippen LogP contribution is 2.10. The van der Waals surface area contributed by atoms with E-state index >= 15 is 0 Å². The first-order chi connectivity index (χ1) is 8.15. The van der Waals surface area contributed by atoms with Crippen molar-refractivity contribution < 1.29 is 14.3 Å². The molecule has 0 fully saturated rings. The molecular formula is C13H19BrO3. The van der Waals surface area contributed by atoms with Crippen molar-refractivity contribution in [2.24, 2.45) is 0 Å². The van der Waals surface area contributed by atoms with Crippen molar-refractivity contribution in [2.75, 3.05) is 19.5 Å². The summed E-state index contributed by atoms with van der Waals surface area (Å²) < 4.78 is 9.87. The zero-order chi connectivity index (χ0) is 13.1. The molecule has 0 saturated carbocycles. The number of hydrogen-bond donors (Lipinski definition) is 0. The Morgan fingerprint density at radius 1 is 1.29 bits per heavy atom. The van der Waals surface area contributed by atoms with Crippen LogP contribution >= 0.6 is 15.9 Å². The van der Waals surface area contributed by atoms with Gasteiger partial charge in [0, 0.05) is 18.5 Å².